The summed E-state index contributed by atoms with van der Waals surface area (Å²) in [5.41, 5.74) is 1.15. The number of halogens is 3. The summed E-state index contributed by atoms with van der Waals surface area (Å²) in [5, 5.41) is 0.616. The van der Waals surface area contributed by atoms with E-state index in [2.05, 4.69) is 0 Å². The van der Waals surface area contributed by atoms with Crippen molar-refractivity contribution in [3.8, 4) is 0 Å². The van der Waals surface area contributed by atoms with Crippen molar-refractivity contribution < 1.29 is 26.3 Å². The van der Waals surface area contributed by atoms with Gasteiger partial charge in [-0.25, -0.2) is 13.4 Å². The van der Waals surface area contributed by atoms with Gasteiger partial charge in [0.25, 0.3) is 0 Å². The van der Waals surface area contributed by atoms with E-state index in [1.165, 1.54) is 22.1 Å². The molecule has 6 nitrogen and oxygen atoms in total. The van der Waals surface area contributed by atoms with Crippen molar-refractivity contribution in [1.82, 2.24) is 13.9 Å². The number of alkyl halides is 3. The molecule has 0 amide bonds. The number of aromatic nitrogens is 2. The van der Waals surface area contributed by atoms with E-state index < -0.39 is 21.8 Å². The first-order valence-corrected chi connectivity index (χ1v) is 14.0. The van der Waals surface area contributed by atoms with E-state index in [9.17, 15) is 21.6 Å². The molecule has 1 atom stereocenters. The first-order valence-electron chi connectivity index (χ1n) is 11.5. The summed E-state index contributed by atoms with van der Waals surface area (Å²) in [6.07, 6.45) is -2.51. The van der Waals surface area contributed by atoms with E-state index in [1.807, 2.05) is 4.57 Å². The van der Waals surface area contributed by atoms with Gasteiger partial charge in [0.1, 0.15) is 0 Å². The highest BCUT2D eigenvalue weighted by Gasteiger charge is 2.30. The van der Waals surface area contributed by atoms with Crippen LogP contribution in [0, 0.1) is 0 Å². The maximum atomic E-state index is 13.1. The molecular formula is C24H28F3N3O3S2. The van der Waals surface area contributed by atoms with Gasteiger partial charge in [0, 0.05) is 25.4 Å². The minimum Gasteiger partial charge on any atom is -0.376 e. The van der Waals surface area contributed by atoms with Crippen LogP contribution in [0.5, 0.6) is 0 Å². The molecule has 0 bridgehead atoms. The van der Waals surface area contributed by atoms with Gasteiger partial charge < -0.3 is 9.30 Å². The van der Waals surface area contributed by atoms with Crippen LogP contribution in [0.15, 0.2) is 52.5 Å². The van der Waals surface area contributed by atoms with Crippen LogP contribution in [0.25, 0.3) is 11.0 Å². The third-order valence-corrected chi connectivity index (χ3v) is 9.15. The molecule has 35 heavy (non-hydrogen) atoms. The third-order valence-electron chi connectivity index (χ3n) is 6.06. The molecule has 2 heterocycles. The van der Waals surface area contributed by atoms with E-state index in [4.69, 9.17) is 9.72 Å². The van der Waals surface area contributed by atoms with Gasteiger partial charge in [-0.3, -0.25) is 0 Å². The number of sulfonamides is 1. The summed E-state index contributed by atoms with van der Waals surface area (Å²) in [5.74, 6) is 0.295. The van der Waals surface area contributed by atoms with Crippen LogP contribution in [0.2, 0.25) is 0 Å². The van der Waals surface area contributed by atoms with Crippen molar-refractivity contribution in [2.75, 3.05) is 19.7 Å². The summed E-state index contributed by atoms with van der Waals surface area (Å²) in [7, 11) is -3.65. The van der Waals surface area contributed by atoms with Gasteiger partial charge in [-0.15, -0.1) is 0 Å². The number of hydrogen-bond acceptors (Lipinski definition) is 5. The quantitative estimate of drug-likeness (QED) is 0.341. The highest BCUT2D eigenvalue weighted by molar-refractivity contribution is 7.98. The second-order valence-electron chi connectivity index (χ2n) is 8.37. The number of hydrogen-bond donors (Lipinski definition) is 0. The maximum absolute atomic E-state index is 13.1. The fourth-order valence-corrected chi connectivity index (χ4v) is 6.67. The molecule has 1 fully saturated rings. The normalized spacial score (nSPS) is 17.0. The minimum absolute atomic E-state index is 0.0133. The smallest absolute Gasteiger partial charge is 0.376 e. The van der Waals surface area contributed by atoms with Crippen molar-refractivity contribution in [3.05, 3.63) is 53.6 Å². The van der Waals surface area contributed by atoms with Crippen LogP contribution >= 0.6 is 11.8 Å². The van der Waals surface area contributed by atoms with Crippen LogP contribution < -0.4 is 0 Å². The van der Waals surface area contributed by atoms with E-state index in [-0.39, 0.29) is 11.0 Å². The number of fused-ring (bicyclic) bond motifs is 1. The molecule has 0 aliphatic carbocycles. The topological polar surface area (TPSA) is 64.4 Å². The molecule has 0 unspecified atom stereocenters. The predicted octanol–water partition coefficient (Wildman–Crippen LogP) is 5.56. The van der Waals surface area contributed by atoms with Crippen molar-refractivity contribution in [3.63, 3.8) is 0 Å². The summed E-state index contributed by atoms with van der Waals surface area (Å²) in [6.45, 7) is 5.54. The van der Waals surface area contributed by atoms with Gasteiger partial charge in [0.2, 0.25) is 10.0 Å². The van der Waals surface area contributed by atoms with Crippen LogP contribution in [0.4, 0.5) is 13.2 Å². The van der Waals surface area contributed by atoms with Gasteiger partial charge in [-0.1, -0.05) is 43.8 Å². The first-order chi connectivity index (χ1) is 16.6. The molecule has 2 aromatic carbocycles. The van der Waals surface area contributed by atoms with Crippen LogP contribution in [-0.2, 0) is 33.2 Å². The van der Waals surface area contributed by atoms with Crippen molar-refractivity contribution in [2.45, 2.75) is 61.3 Å². The standard InChI is InChI=1S/C24H28F3N3O3S2/c1-3-29(4-2)35(31,32)20-10-11-22-21(14-20)28-23(30(22)15-19-9-6-12-33-19)34-16-17-7-5-8-18(13-17)24(25,26)27/h5,7-8,10-11,13-14,19H,3-4,6,9,12,15-16H2,1-2H3/t19-/m0/s1. The highest BCUT2D eigenvalue weighted by atomic mass is 32.2. The molecule has 1 saturated heterocycles. The minimum atomic E-state index is -4.40. The largest absolute Gasteiger partial charge is 0.416 e. The maximum Gasteiger partial charge on any atom is 0.416 e. The molecule has 3 aromatic rings. The Bertz CT molecular complexity index is 1280. The van der Waals surface area contributed by atoms with Gasteiger partial charge >= 0.3 is 6.18 Å². The lowest BCUT2D eigenvalue weighted by molar-refractivity contribution is -0.137. The number of imidazole rings is 1. The molecule has 4 rings (SSSR count). The molecule has 0 radical (unpaired) electrons. The number of ether oxygens (including phenoxy) is 1. The van der Waals surface area contributed by atoms with Crippen LogP contribution in [0.1, 0.15) is 37.8 Å². The van der Waals surface area contributed by atoms with Gasteiger partial charge in [0.05, 0.1) is 34.1 Å². The second kappa shape index (κ2) is 10.5. The van der Waals surface area contributed by atoms with Crippen LogP contribution in [0.3, 0.4) is 0 Å². The summed E-state index contributed by atoms with van der Waals surface area (Å²) >= 11 is 1.33. The molecule has 1 aromatic heterocycles. The zero-order chi connectivity index (χ0) is 25.2. The Morgan fingerprint density at radius 2 is 1.94 bits per heavy atom. The Hall–Kier alpha value is -2.08. The highest BCUT2D eigenvalue weighted by Crippen LogP contribution is 2.33. The monoisotopic (exact) mass is 527 g/mol. The SMILES string of the molecule is CCN(CC)S(=O)(=O)c1ccc2c(c1)nc(SCc1cccc(C(F)(F)F)c1)n2C[C@@H]1CCCO1. The second-order valence-corrected chi connectivity index (χ2v) is 11.2. The fraction of sp³-hybridized carbons (Fsp3) is 0.458. The summed E-state index contributed by atoms with van der Waals surface area (Å²) < 4.78 is 74.5. The van der Waals surface area contributed by atoms with Crippen molar-refractivity contribution >= 4 is 32.8 Å². The van der Waals surface area contributed by atoms with Gasteiger partial charge in [-0.05, 0) is 42.7 Å². The molecule has 0 N–H and O–H groups in total. The van der Waals surface area contributed by atoms with Crippen LogP contribution in [-0.4, -0.2) is 48.1 Å². The fourth-order valence-electron chi connectivity index (χ4n) is 4.22. The van der Waals surface area contributed by atoms with Crippen molar-refractivity contribution in [2.24, 2.45) is 0 Å². The number of benzene rings is 2. The first kappa shape index (κ1) is 26.0. The lowest BCUT2D eigenvalue weighted by Crippen LogP contribution is -2.30. The number of rotatable bonds is 9. The van der Waals surface area contributed by atoms with E-state index in [1.54, 1.807) is 38.1 Å². The van der Waals surface area contributed by atoms with E-state index >= 15 is 0 Å². The lowest BCUT2D eigenvalue weighted by Gasteiger charge is -2.18. The Labute approximate surface area is 207 Å². The van der Waals surface area contributed by atoms with E-state index in [0.717, 1.165) is 30.5 Å². The number of nitrogens with zero attached hydrogens (tertiary/aromatic N) is 3. The summed E-state index contributed by atoms with van der Waals surface area (Å²) in [6, 6.07) is 10.2. The molecule has 11 heteroatoms. The van der Waals surface area contributed by atoms with Gasteiger partial charge in [0.15, 0.2) is 5.16 Å². The lowest BCUT2D eigenvalue weighted by atomic mass is 10.1. The van der Waals surface area contributed by atoms with E-state index in [0.29, 0.717) is 48.2 Å². The molecular weight excluding hydrogens is 499 g/mol. The zero-order valence-electron chi connectivity index (χ0n) is 19.6. The predicted molar refractivity (Wildman–Crippen MR) is 130 cm³/mol. The Morgan fingerprint density at radius 3 is 2.60 bits per heavy atom. The average Bonchev–Trinajstić information content (AvgIpc) is 3.46. The Morgan fingerprint density at radius 1 is 1.17 bits per heavy atom. The Balaban J connectivity index is 1.68. The molecule has 1 aliphatic heterocycles. The number of thioether (sulfide) groups is 1. The van der Waals surface area contributed by atoms with Gasteiger partial charge in [-0.2, -0.15) is 17.5 Å². The zero-order valence-corrected chi connectivity index (χ0v) is 21.2. The average molecular weight is 528 g/mol. The third kappa shape index (κ3) is 5.68. The molecule has 0 spiro atoms. The Kier molecular flexibility index (Phi) is 7.80. The molecule has 190 valence electrons. The molecule has 0 saturated carbocycles. The molecule has 1 aliphatic rings. The van der Waals surface area contributed by atoms with Crippen molar-refractivity contribution in [1.29, 1.82) is 0 Å². The summed E-state index contributed by atoms with van der Waals surface area (Å²) in [4.78, 5) is 4.86.